The second-order valence-corrected chi connectivity index (χ2v) is 6.70. The van der Waals surface area contributed by atoms with Gasteiger partial charge in [-0.3, -0.25) is 14.9 Å². The molecule has 8 nitrogen and oxygen atoms in total. The highest BCUT2D eigenvalue weighted by Crippen LogP contribution is 2.26. The van der Waals surface area contributed by atoms with E-state index in [9.17, 15) is 14.9 Å². The molecule has 0 saturated heterocycles. The van der Waals surface area contributed by atoms with Crippen molar-refractivity contribution < 1.29 is 14.5 Å². The van der Waals surface area contributed by atoms with Crippen molar-refractivity contribution in [3.05, 3.63) is 45.3 Å². The lowest BCUT2D eigenvalue weighted by Gasteiger charge is -2.10. The van der Waals surface area contributed by atoms with E-state index in [2.05, 4.69) is 10.3 Å². The molecule has 0 fully saturated rings. The maximum absolute atomic E-state index is 12.3. The summed E-state index contributed by atoms with van der Waals surface area (Å²) in [7, 11) is 1.64. The molecule has 9 heteroatoms. The standard InChI is InChI=1S/C17H22N4O4S/c1-11-14(6-5-7-15(11)21(23)24)19-16(22)10-26-17-18-12(2)13(3)20(17)8-9-25-4/h5-7H,8-10H2,1-4H3,(H,19,22). The van der Waals surface area contributed by atoms with Crippen LogP contribution in [-0.2, 0) is 16.1 Å². The first kappa shape index (κ1) is 19.9. The molecular weight excluding hydrogens is 356 g/mol. The van der Waals surface area contributed by atoms with Gasteiger partial charge in [0.15, 0.2) is 5.16 Å². The van der Waals surface area contributed by atoms with E-state index in [1.807, 2.05) is 18.4 Å². The molecule has 0 radical (unpaired) electrons. The van der Waals surface area contributed by atoms with E-state index >= 15 is 0 Å². The molecule has 0 atom stereocenters. The van der Waals surface area contributed by atoms with Crippen LogP contribution in [-0.4, -0.2) is 39.9 Å². The van der Waals surface area contributed by atoms with Gasteiger partial charge in [-0.15, -0.1) is 0 Å². The van der Waals surface area contributed by atoms with E-state index in [-0.39, 0.29) is 17.3 Å². The van der Waals surface area contributed by atoms with E-state index in [1.165, 1.54) is 17.8 Å². The Balaban J connectivity index is 2.05. The van der Waals surface area contributed by atoms with Gasteiger partial charge in [-0.05, 0) is 26.8 Å². The first-order valence-corrected chi connectivity index (χ1v) is 9.03. The third kappa shape index (κ3) is 4.61. The smallest absolute Gasteiger partial charge is 0.274 e. The maximum atomic E-state index is 12.3. The zero-order valence-corrected chi connectivity index (χ0v) is 16.1. The molecule has 0 aliphatic rings. The second kappa shape index (κ2) is 8.81. The van der Waals surface area contributed by atoms with Crippen molar-refractivity contribution in [2.24, 2.45) is 0 Å². The lowest BCUT2D eigenvalue weighted by atomic mass is 10.1. The molecule has 1 amide bonds. The summed E-state index contributed by atoms with van der Waals surface area (Å²) in [5.74, 6) is -0.0828. The quantitative estimate of drug-likeness (QED) is 0.430. The van der Waals surface area contributed by atoms with Gasteiger partial charge in [0.05, 0.1) is 34.2 Å². The van der Waals surface area contributed by atoms with Crippen LogP contribution in [0.1, 0.15) is 17.0 Å². The minimum absolute atomic E-state index is 0.0168. The first-order valence-electron chi connectivity index (χ1n) is 8.04. The minimum Gasteiger partial charge on any atom is -0.383 e. The molecule has 1 aromatic carbocycles. The Hall–Kier alpha value is -2.39. The number of aromatic nitrogens is 2. The molecular formula is C17H22N4O4S. The Morgan fingerprint density at radius 1 is 1.38 bits per heavy atom. The molecule has 2 rings (SSSR count). The summed E-state index contributed by atoms with van der Waals surface area (Å²) >= 11 is 1.33. The van der Waals surface area contributed by atoms with E-state index in [0.29, 0.717) is 24.4 Å². The van der Waals surface area contributed by atoms with Crippen molar-refractivity contribution >= 4 is 29.0 Å². The number of nitro groups is 1. The van der Waals surface area contributed by atoms with Crippen molar-refractivity contribution in [3.8, 4) is 0 Å². The Labute approximate surface area is 156 Å². The predicted octanol–water partition coefficient (Wildman–Crippen LogP) is 3.09. The fourth-order valence-corrected chi connectivity index (χ4v) is 3.37. The average molecular weight is 378 g/mol. The summed E-state index contributed by atoms with van der Waals surface area (Å²) in [5, 5.41) is 14.5. The Morgan fingerprint density at radius 3 is 2.77 bits per heavy atom. The highest BCUT2D eigenvalue weighted by molar-refractivity contribution is 7.99. The van der Waals surface area contributed by atoms with Gasteiger partial charge in [0.1, 0.15) is 0 Å². The molecule has 0 saturated carbocycles. The molecule has 0 spiro atoms. The van der Waals surface area contributed by atoms with Gasteiger partial charge in [0.2, 0.25) is 5.91 Å². The van der Waals surface area contributed by atoms with Gasteiger partial charge in [-0.1, -0.05) is 17.8 Å². The molecule has 1 N–H and O–H groups in total. The Bertz CT molecular complexity index is 819. The Kier molecular flexibility index (Phi) is 6.76. The number of hydrogen-bond acceptors (Lipinski definition) is 6. The first-order chi connectivity index (χ1) is 12.3. The molecule has 1 aromatic heterocycles. The number of rotatable bonds is 8. The summed E-state index contributed by atoms with van der Waals surface area (Å²) in [4.78, 5) is 27.3. The highest BCUT2D eigenvalue weighted by Gasteiger charge is 2.16. The minimum atomic E-state index is -0.460. The van der Waals surface area contributed by atoms with E-state index < -0.39 is 4.92 Å². The summed E-state index contributed by atoms with van der Waals surface area (Å²) < 4.78 is 7.14. The van der Waals surface area contributed by atoms with Gasteiger partial charge >= 0.3 is 0 Å². The number of amides is 1. The fraction of sp³-hybridized carbons (Fsp3) is 0.412. The number of carbonyl (C=O) groups is 1. The van der Waals surface area contributed by atoms with Crippen LogP contribution in [0.15, 0.2) is 23.4 Å². The van der Waals surface area contributed by atoms with Crippen LogP contribution >= 0.6 is 11.8 Å². The third-order valence-electron chi connectivity index (χ3n) is 4.05. The molecule has 0 aliphatic carbocycles. The number of hydrogen-bond donors (Lipinski definition) is 1. The summed E-state index contributed by atoms with van der Waals surface area (Å²) in [5.41, 5.74) is 2.82. The number of nitrogens with zero attached hydrogens (tertiary/aromatic N) is 3. The SMILES string of the molecule is COCCn1c(SCC(=O)Nc2cccc([N+](=O)[O-])c2C)nc(C)c1C. The van der Waals surface area contributed by atoms with Crippen molar-refractivity contribution in [3.63, 3.8) is 0 Å². The predicted molar refractivity (Wildman–Crippen MR) is 101 cm³/mol. The van der Waals surface area contributed by atoms with Crippen molar-refractivity contribution in [1.82, 2.24) is 9.55 Å². The number of ether oxygens (including phenoxy) is 1. The molecule has 0 unspecified atom stereocenters. The van der Waals surface area contributed by atoms with Crippen LogP contribution in [0.2, 0.25) is 0 Å². The lowest BCUT2D eigenvalue weighted by Crippen LogP contribution is -2.16. The molecule has 140 valence electrons. The van der Waals surface area contributed by atoms with Crippen molar-refractivity contribution in [1.29, 1.82) is 0 Å². The van der Waals surface area contributed by atoms with Crippen LogP contribution in [0.5, 0.6) is 0 Å². The second-order valence-electron chi connectivity index (χ2n) is 5.75. The van der Waals surface area contributed by atoms with Crippen molar-refractivity contribution in [2.45, 2.75) is 32.5 Å². The van der Waals surface area contributed by atoms with E-state index in [4.69, 9.17) is 4.74 Å². The monoisotopic (exact) mass is 378 g/mol. The summed E-state index contributed by atoms with van der Waals surface area (Å²) in [6, 6.07) is 4.62. The van der Waals surface area contributed by atoms with Gasteiger partial charge in [0, 0.05) is 25.4 Å². The average Bonchev–Trinajstić information content (AvgIpc) is 2.87. The van der Waals surface area contributed by atoms with E-state index in [0.717, 1.165) is 16.5 Å². The number of imidazole rings is 1. The van der Waals surface area contributed by atoms with Gasteiger partial charge in [-0.25, -0.2) is 4.98 Å². The number of benzene rings is 1. The fourth-order valence-electron chi connectivity index (χ4n) is 2.45. The van der Waals surface area contributed by atoms with Crippen LogP contribution in [0.4, 0.5) is 11.4 Å². The molecule has 1 heterocycles. The number of carbonyl (C=O) groups excluding carboxylic acids is 1. The zero-order chi connectivity index (χ0) is 19.3. The number of aryl methyl sites for hydroxylation is 1. The van der Waals surface area contributed by atoms with Crippen LogP contribution in [0, 0.1) is 30.9 Å². The topological polar surface area (TPSA) is 99.3 Å². The number of thioether (sulfide) groups is 1. The summed E-state index contributed by atoms with van der Waals surface area (Å²) in [6.45, 7) is 6.75. The maximum Gasteiger partial charge on any atom is 0.274 e. The zero-order valence-electron chi connectivity index (χ0n) is 15.2. The Morgan fingerprint density at radius 2 is 2.12 bits per heavy atom. The van der Waals surface area contributed by atoms with Crippen molar-refractivity contribution in [2.75, 3.05) is 24.8 Å². The van der Waals surface area contributed by atoms with Gasteiger partial charge in [-0.2, -0.15) is 0 Å². The molecule has 26 heavy (non-hydrogen) atoms. The number of methoxy groups -OCH3 is 1. The van der Waals surface area contributed by atoms with Gasteiger partial charge in [0.25, 0.3) is 5.69 Å². The van der Waals surface area contributed by atoms with Gasteiger partial charge < -0.3 is 14.6 Å². The molecule has 2 aromatic rings. The normalized spacial score (nSPS) is 10.8. The molecule has 0 aliphatic heterocycles. The lowest BCUT2D eigenvalue weighted by molar-refractivity contribution is -0.385. The van der Waals surface area contributed by atoms with Crippen LogP contribution < -0.4 is 5.32 Å². The third-order valence-corrected chi connectivity index (χ3v) is 5.03. The summed E-state index contributed by atoms with van der Waals surface area (Å²) in [6.07, 6.45) is 0. The van der Waals surface area contributed by atoms with E-state index in [1.54, 1.807) is 26.2 Å². The van der Waals surface area contributed by atoms with Crippen LogP contribution in [0.25, 0.3) is 0 Å². The number of nitro benzene ring substituents is 1. The largest absolute Gasteiger partial charge is 0.383 e. The number of nitrogens with one attached hydrogen (secondary N) is 1. The van der Waals surface area contributed by atoms with Crippen LogP contribution in [0.3, 0.4) is 0 Å². The highest BCUT2D eigenvalue weighted by atomic mass is 32.2. The number of anilines is 1. The molecule has 0 bridgehead atoms.